The van der Waals surface area contributed by atoms with Crippen molar-refractivity contribution in [3.8, 4) is 17.2 Å². The van der Waals surface area contributed by atoms with Crippen molar-refractivity contribution in [2.45, 2.75) is 70.6 Å². The number of hydrogen-bond acceptors (Lipinski definition) is 8. The van der Waals surface area contributed by atoms with Gasteiger partial charge in [-0.15, -0.1) is 5.10 Å². The third-order valence-electron chi connectivity index (χ3n) is 7.90. The van der Waals surface area contributed by atoms with E-state index in [0.29, 0.717) is 36.2 Å². The zero-order chi connectivity index (χ0) is 26.8. The van der Waals surface area contributed by atoms with Crippen LogP contribution in [0.1, 0.15) is 74.5 Å². The van der Waals surface area contributed by atoms with E-state index in [9.17, 15) is 4.79 Å². The molecule has 3 heterocycles. The third-order valence-corrected chi connectivity index (χ3v) is 7.90. The van der Waals surface area contributed by atoms with Gasteiger partial charge in [-0.3, -0.25) is 9.69 Å². The fourth-order valence-electron chi connectivity index (χ4n) is 5.83. The average molecular weight is 531 g/mol. The van der Waals surface area contributed by atoms with Crippen LogP contribution in [0.2, 0.25) is 0 Å². The maximum Gasteiger partial charge on any atom is 0.252 e. The van der Waals surface area contributed by atoms with Crippen LogP contribution in [-0.4, -0.2) is 44.0 Å². The van der Waals surface area contributed by atoms with Crippen LogP contribution < -0.4 is 19.8 Å². The van der Waals surface area contributed by atoms with Crippen molar-refractivity contribution in [3.63, 3.8) is 0 Å². The van der Waals surface area contributed by atoms with E-state index in [1.54, 1.807) is 7.11 Å². The largest absolute Gasteiger partial charge is 0.497 e. The average Bonchev–Trinajstić information content (AvgIpc) is 3.63. The smallest absolute Gasteiger partial charge is 0.252 e. The van der Waals surface area contributed by atoms with E-state index < -0.39 is 0 Å². The molecular formula is C29H34N6O4. The summed E-state index contributed by atoms with van der Waals surface area (Å²) in [5.74, 6) is 3.00. The fourth-order valence-corrected chi connectivity index (χ4v) is 5.83. The molecule has 2 aromatic heterocycles. The molecule has 10 heteroatoms. The van der Waals surface area contributed by atoms with Crippen molar-refractivity contribution in [1.29, 1.82) is 0 Å². The minimum absolute atomic E-state index is 0.0733. The number of aromatic nitrogens is 5. The summed E-state index contributed by atoms with van der Waals surface area (Å²) < 4.78 is 18.5. The number of methoxy groups -OCH3 is 1. The summed E-state index contributed by atoms with van der Waals surface area (Å²) in [5.41, 5.74) is 2.39. The highest BCUT2D eigenvalue weighted by atomic mass is 16.7. The van der Waals surface area contributed by atoms with Gasteiger partial charge in [-0.2, -0.15) is 0 Å². The molecule has 6 rings (SSSR count). The molecule has 4 aromatic rings. The SMILES string of the molecule is CC[C@@H](c1nnnn1C1CCCCC1)N(Cc1ccc(OC)cc1)Cc1cc2cc3c(cc2[nH]c1=O)OCO3. The second-order valence-corrected chi connectivity index (χ2v) is 10.4. The van der Waals surface area contributed by atoms with Crippen molar-refractivity contribution in [3.05, 3.63) is 69.8 Å². The molecule has 1 aliphatic heterocycles. The molecule has 0 spiro atoms. The molecule has 1 N–H and O–H groups in total. The first-order valence-corrected chi connectivity index (χ1v) is 13.7. The second kappa shape index (κ2) is 11.1. The van der Waals surface area contributed by atoms with Gasteiger partial charge < -0.3 is 19.2 Å². The molecule has 2 aromatic carbocycles. The predicted octanol–water partition coefficient (Wildman–Crippen LogP) is 4.91. The Bertz CT molecular complexity index is 1490. The van der Waals surface area contributed by atoms with Crippen LogP contribution in [0.25, 0.3) is 10.9 Å². The minimum atomic E-state index is -0.122. The maximum absolute atomic E-state index is 13.3. The summed E-state index contributed by atoms with van der Waals surface area (Å²) in [6.07, 6.45) is 6.64. The molecule has 0 unspecified atom stereocenters. The van der Waals surface area contributed by atoms with Crippen molar-refractivity contribution >= 4 is 10.9 Å². The van der Waals surface area contributed by atoms with E-state index in [-0.39, 0.29) is 18.4 Å². The molecule has 0 saturated heterocycles. The number of nitrogens with zero attached hydrogens (tertiary/aromatic N) is 5. The van der Waals surface area contributed by atoms with E-state index in [0.717, 1.165) is 47.3 Å². The molecule has 1 fully saturated rings. The lowest BCUT2D eigenvalue weighted by Gasteiger charge is -2.32. The Balaban J connectivity index is 1.37. The molecule has 10 nitrogen and oxygen atoms in total. The normalized spacial score (nSPS) is 16.2. The van der Waals surface area contributed by atoms with Crippen molar-refractivity contribution in [2.75, 3.05) is 13.9 Å². The standard InChI is InChI=1S/C29H34N6O4/c1-3-25(28-31-32-33-35(28)22-7-5-4-6-8-22)34(16-19-9-11-23(37-2)12-10-19)17-21-13-20-14-26-27(39-18-38-26)15-24(20)30-29(21)36/h9-15,22,25H,3-8,16-18H2,1-2H3,(H,30,36)/t25-/m0/s1. The van der Waals surface area contributed by atoms with E-state index in [4.69, 9.17) is 14.2 Å². The zero-order valence-corrected chi connectivity index (χ0v) is 22.4. The Morgan fingerprint density at radius 1 is 1.08 bits per heavy atom. The molecule has 39 heavy (non-hydrogen) atoms. The fraction of sp³-hybridized carbons (Fsp3) is 0.448. The van der Waals surface area contributed by atoms with Crippen LogP contribution in [0.3, 0.4) is 0 Å². The van der Waals surface area contributed by atoms with Gasteiger partial charge in [0.25, 0.3) is 5.56 Å². The Kier molecular flexibility index (Phi) is 7.19. The zero-order valence-electron chi connectivity index (χ0n) is 22.4. The van der Waals surface area contributed by atoms with Crippen LogP contribution in [0.5, 0.6) is 17.2 Å². The number of benzene rings is 2. The number of tetrazole rings is 1. The number of hydrogen-bond donors (Lipinski definition) is 1. The summed E-state index contributed by atoms with van der Waals surface area (Å²) in [6, 6.07) is 14.0. The molecule has 1 saturated carbocycles. The highest BCUT2D eigenvalue weighted by molar-refractivity contribution is 5.83. The summed E-state index contributed by atoms with van der Waals surface area (Å²) in [5, 5.41) is 14.0. The summed E-state index contributed by atoms with van der Waals surface area (Å²) in [4.78, 5) is 18.6. The van der Waals surface area contributed by atoms with Crippen LogP contribution in [0.15, 0.2) is 47.3 Å². The lowest BCUT2D eigenvalue weighted by Crippen LogP contribution is -2.33. The second-order valence-electron chi connectivity index (χ2n) is 10.4. The van der Waals surface area contributed by atoms with Crippen LogP contribution in [0, 0.1) is 0 Å². The van der Waals surface area contributed by atoms with Gasteiger partial charge in [-0.05, 0) is 59.5 Å². The van der Waals surface area contributed by atoms with Gasteiger partial charge in [-0.25, -0.2) is 4.68 Å². The third kappa shape index (κ3) is 5.21. The molecule has 0 amide bonds. The molecule has 204 valence electrons. The van der Waals surface area contributed by atoms with Gasteiger partial charge in [0.2, 0.25) is 6.79 Å². The van der Waals surface area contributed by atoms with Gasteiger partial charge in [-0.1, -0.05) is 38.3 Å². The van der Waals surface area contributed by atoms with Gasteiger partial charge in [0.15, 0.2) is 17.3 Å². The van der Waals surface area contributed by atoms with E-state index in [1.165, 1.54) is 19.3 Å². The Morgan fingerprint density at radius 3 is 2.59 bits per heavy atom. The van der Waals surface area contributed by atoms with Crippen LogP contribution in [0.4, 0.5) is 0 Å². The lowest BCUT2D eigenvalue weighted by molar-refractivity contribution is 0.155. The molecule has 2 aliphatic rings. The van der Waals surface area contributed by atoms with E-state index in [2.05, 4.69) is 44.5 Å². The summed E-state index contributed by atoms with van der Waals surface area (Å²) >= 11 is 0. The maximum atomic E-state index is 13.3. The Morgan fingerprint density at radius 2 is 1.85 bits per heavy atom. The molecule has 1 atom stereocenters. The topological polar surface area (TPSA) is 107 Å². The first kappa shape index (κ1) is 25.4. The number of aromatic amines is 1. The highest BCUT2D eigenvalue weighted by Crippen LogP contribution is 2.36. The lowest BCUT2D eigenvalue weighted by atomic mass is 9.95. The molecule has 0 radical (unpaired) electrons. The Labute approximate surface area is 226 Å². The summed E-state index contributed by atoms with van der Waals surface area (Å²) in [6.45, 7) is 3.39. The number of ether oxygens (including phenoxy) is 3. The Hall–Kier alpha value is -3.92. The van der Waals surface area contributed by atoms with Crippen molar-refractivity contribution < 1.29 is 14.2 Å². The first-order valence-electron chi connectivity index (χ1n) is 13.7. The van der Waals surface area contributed by atoms with E-state index in [1.807, 2.05) is 35.0 Å². The molecule has 1 aliphatic carbocycles. The van der Waals surface area contributed by atoms with Gasteiger partial charge in [0, 0.05) is 30.1 Å². The molecule has 0 bridgehead atoms. The van der Waals surface area contributed by atoms with E-state index >= 15 is 0 Å². The number of fused-ring (bicyclic) bond motifs is 2. The van der Waals surface area contributed by atoms with Crippen LogP contribution in [-0.2, 0) is 13.1 Å². The van der Waals surface area contributed by atoms with Crippen molar-refractivity contribution in [2.24, 2.45) is 0 Å². The monoisotopic (exact) mass is 530 g/mol. The predicted molar refractivity (Wildman–Crippen MR) is 146 cm³/mol. The van der Waals surface area contributed by atoms with Gasteiger partial charge in [0.05, 0.1) is 24.7 Å². The minimum Gasteiger partial charge on any atom is -0.497 e. The van der Waals surface area contributed by atoms with Crippen LogP contribution >= 0.6 is 0 Å². The summed E-state index contributed by atoms with van der Waals surface area (Å²) in [7, 11) is 1.66. The number of rotatable bonds is 9. The molecular weight excluding hydrogens is 496 g/mol. The van der Waals surface area contributed by atoms with Gasteiger partial charge in [0.1, 0.15) is 5.75 Å². The number of nitrogens with one attached hydrogen (secondary N) is 1. The first-order chi connectivity index (χ1) is 19.1. The van der Waals surface area contributed by atoms with Gasteiger partial charge >= 0.3 is 0 Å². The van der Waals surface area contributed by atoms with Crippen molar-refractivity contribution in [1.82, 2.24) is 30.1 Å². The number of pyridine rings is 1. The quantitative estimate of drug-likeness (QED) is 0.325. The highest BCUT2D eigenvalue weighted by Gasteiger charge is 2.29. The number of H-pyrrole nitrogens is 1.